The standard InChI is InChI=1S/C16H27NO/c1-6-9-13(2)18-15-11-8-7-10-14(15)12-17-16(3,4)5/h7-8,10-11,13,17H,6,9,12H2,1-5H3. The Labute approximate surface area is 112 Å². The minimum Gasteiger partial charge on any atom is -0.490 e. The number of hydrogen-bond donors (Lipinski definition) is 1. The van der Waals surface area contributed by atoms with Crippen LogP contribution in [0.1, 0.15) is 53.0 Å². The Bertz CT molecular complexity index is 354. The summed E-state index contributed by atoms with van der Waals surface area (Å²) in [7, 11) is 0. The fourth-order valence-electron chi connectivity index (χ4n) is 1.81. The van der Waals surface area contributed by atoms with Crippen LogP contribution in [0.3, 0.4) is 0 Å². The molecule has 0 saturated heterocycles. The summed E-state index contributed by atoms with van der Waals surface area (Å²) in [6.07, 6.45) is 2.54. The zero-order valence-electron chi connectivity index (χ0n) is 12.4. The average molecular weight is 249 g/mol. The molecule has 0 aliphatic heterocycles. The molecule has 0 spiro atoms. The molecular formula is C16H27NO. The van der Waals surface area contributed by atoms with Gasteiger partial charge in [0.25, 0.3) is 0 Å². The van der Waals surface area contributed by atoms with Gasteiger partial charge in [-0.2, -0.15) is 0 Å². The normalized spacial score (nSPS) is 13.4. The maximum atomic E-state index is 6.01. The summed E-state index contributed by atoms with van der Waals surface area (Å²) in [4.78, 5) is 0. The summed E-state index contributed by atoms with van der Waals surface area (Å²) in [5, 5.41) is 3.50. The van der Waals surface area contributed by atoms with Crippen LogP contribution in [-0.4, -0.2) is 11.6 Å². The van der Waals surface area contributed by atoms with Crippen LogP contribution in [0.5, 0.6) is 5.75 Å². The van der Waals surface area contributed by atoms with Crippen molar-refractivity contribution in [1.82, 2.24) is 5.32 Å². The molecule has 1 unspecified atom stereocenters. The highest BCUT2D eigenvalue weighted by Crippen LogP contribution is 2.21. The van der Waals surface area contributed by atoms with Crippen molar-refractivity contribution in [1.29, 1.82) is 0 Å². The van der Waals surface area contributed by atoms with Crippen molar-refractivity contribution in [3.8, 4) is 5.75 Å². The summed E-state index contributed by atoms with van der Waals surface area (Å²) in [6, 6.07) is 8.30. The predicted molar refractivity (Wildman–Crippen MR) is 78.0 cm³/mol. The van der Waals surface area contributed by atoms with Crippen LogP contribution in [0.2, 0.25) is 0 Å². The molecule has 2 heteroatoms. The summed E-state index contributed by atoms with van der Waals surface area (Å²) < 4.78 is 6.01. The third kappa shape index (κ3) is 5.54. The molecule has 0 bridgehead atoms. The van der Waals surface area contributed by atoms with Gasteiger partial charge in [-0.3, -0.25) is 0 Å². The Morgan fingerprint density at radius 1 is 1.22 bits per heavy atom. The van der Waals surface area contributed by atoms with Gasteiger partial charge in [-0.25, -0.2) is 0 Å². The highest BCUT2D eigenvalue weighted by atomic mass is 16.5. The second-order valence-electron chi connectivity index (χ2n) is 5.93. The van der Waals surface area contributed by atoms with E-state index < -0.39 is 0 Å². The number of benzene rings is 1. The minimum absolute atomic E-state index is 0.127. The summed E-state index contributed by atoms with van der Waals surface area (Å²) >= 11 is 0. The van der Waals surface area contributed by atoms with Crippen molar-refractivity contribution in [3.05, 3.63) is 29.8 Å². The molecule has 1 N–H and O–H groups in total. The van der Waals surface area contributed by atoms with Crippen molar-refractivity contribution in [3.63, 3.8) is 0 Å². The molecule has 1 atom stereocenters. The third-order valence-electron chi connectivity index (χ3n) is 2.81. The van der Waals surface area contributed by atoms with Crippen molar-refractivity contribution >= 4 is 0 Å². The largest absolute Gasteiger partial charge is 0.490 e. The van der Waals surface area contributed by atoms with Crippen LogP contribution in [0, 0.1) is 0 Å². The van der Waals surface area contributed by atoms with Crippen LogP contribution in [0.25, 0.3) is 0 Å². The average Bonchev–Trinajstić information content (AvgIpc) is 2.27. The molecule has 0 heterocycles. The van der Waals surface area contributed by atoms with Gasteiger partial charge >= 0.3 is 0 Å². The van der Waals surface area contributed by atoms with Crippen LogP contribution < -0.4 is 10.1 Å². The van der Waals surface area contributed by atoms with E-state index in [2.05, 4.69) is 58.1 Å². The van der Waals surface area contributed by atoms with Crippen LogP contribution >= 0.6 is 0 Å². The Morgan fingerprint density at radius 2 is 1.89 bits per heavy atom. The quantitative estimate of drug-likeness (QED) is 0.818. The molecule has 0 fully saturated rings. The zero-order chi connectivity index (χ0) is 13.6. The molecule has 0 amide bonds. The number of ether oxygens (including phenoxy) is 1. The Hall–Kier alpha value is -1.02. The van der Waals surface area contributed by atoms with E-state index in [4.69, 9.17) is 4.74 Å². The van der Waals surface area contributed by atoms with Crippen LogP contribution in [0.15, 0.2) is 24.3 Å². The fourth-order valence-corrected chi connectivity index (χ4v) is 1.81. The van der Waals surface area contributed by atoms with Gasteiger partial charge < -0.3 is 10.1 Å². The second-order valence-corrected chi connectivity index (χ2v) is 5.93. The van der Waals surface area contributed by atoms with E-state index in [0.29, 0.717) is 0 Å². The first-order valence-corrected chi connectivity index (χ1v) is 6.92. The van der Waals surface area contributed by atoms with E-state index in [1.165, 1.54) is 5.56 Å². The van der Waals surface area contributed by atoms with Gasteiger partial charge in [0.1, 0.15) is 5.75 Å². The molecule has 0 aliphatic carbocycles. The van der Waals surface area contributed by atoms with Gasteiger partial charge in [0.15, 0.2) is 0 Å². The lowest BCUT2D eigenvalue weighted by molar-refractivity contribution is 0.207. The lowest BCUT2D eigenvalue weighted by atomic mass is 10.1. The fraction of sp³-hybridized carbons (Fsp3) is 0.625. The van der Waals surface area contributed by atoms with Crippen molar-refractivity contribution in [2.24, 2.45) is 0 Å². The van der Waals surface area contributed by atoms with E-state index in [1.807, 2.05) is 6.07 Å². The van der Waals surface area contributed by atoms with Gasteiger partial charge in [0, 0.05) is 17.6 Å². The molecule has 0 saturated carbocycles. The van der Waals surface area contributed by atoms with Crippen molar-refractivity contribution in [2.75, 3.05) is 0 Å². The van der Waals surface area contributed by atoms with Crippen molar-refractivity contribution < 1.29 is 4.74 Å². The molecule has 0 radical (unpaired) electrons. The lowest BCUT2D eigenvalue weighted by Crippen LogP contribution is -2.35. The molecule has 1 rings (SSSR count). The summed E-state index contributed by atoms with van der Waals surface area (Å²) in [5.41, 5.74) is 1.36. The summed E-state index contributed by atoms with van der Waals surface area (Å²) in [5.74, 6) is 1.01. The van der Waals surface area contributed by atoms with Crippen LogP contribution in [0.4, 0.5) is 0 Å². The summed E-state index contributed by atoms with van der Waals surface area (Å²) in [6.45, 7) is 11.7. The Balaban J connectivity index is 2.67. The van der Waals surface area contributed by atoms with Crippen molar-refractivity contribution in [2.45, 2.75) is 65.6 Å². The van der Waals surface area contributed by atoms with Gasteiger partial charge in [0.05, 0.1) is 6.10 Å². The van der Waals surface area contributed by atoms with E-state index in [1.54, 1.807) is 0 Å². The first-order valence-electron chi connectivity index (χ1n) is 6.92. The van der Waals surface area contributed by atoms with E-state index in [-0.39, 0.29) is 11.6 Å². The molecule has 2 nitrogen and oxygen atoms in total. The predicted octanol–water partition coefficient (Wildman–Crippen LogP) is 4.14. The maximum absolute atomic E-state index is 6.01. The van der Waals surface area contributed by atoms with E-state index in [0.717, 1.165) is 25.1 Å². The van der Waals surface area contributed by atoms with Gasteiger partial charge in [-0.1, -0.05) is 31.5 Å². The third-order valence-corrected chi connectivity index (χ3v) is 2.81. The van der Waals surface area contributed by atoms with Crippen LogP contribution in [-0.2, 0) is 6.54 Å². The second kappa shape index (κ2) is 6.79. The first-order chi connectivity index (χ1) is 8.42. The zero-order valence-corrected chi connectivity index (χ0v) is 12.4. The highest BCUT2D eigenvalue weighted by Gasteiger charge is 2.11. The topological polar surface area (TPSA) is 21.3 Å². The molecule has 1 aromatic rings. The van der Waals surface area contributed by atoms with E-state index in [9.17, 15) is 0 Å². The minimum atomic E-state index is 0.127. The Kier molecular flexibility index (Phi) is 5.67. The molecule has 0 aliphatic rings. The molecule has 0 aromatic heterocycles. The first kappa shape index (κ1) is 15.0. The van der Waals surface area contributed by atoms with Gasteiger partial charge in [-0.05, 0) is 40.2 Å². The Morgan fingerprint density at radius 3 is 2.50 bits per heavy atom. The SMILES string of the molecule is CCCC(C)Oc1ccccc1CNC(C)(C)C. The number of hydrogen-bond acceptors (Lipinski definition) is 2. The smallest absolute Gasteiger partial charge is 0.124 e. The number of nitrogens with one attached hydrogen (secondary N) is 1. The highest BCUT2D eigenvalue weighted by molar-refractivity contribution is 5.33. The van der Waals surface area contributed by atoms with Gasteiger partial charge in [-0.15, -0.1) is 0 Å². The molecular weight excluding hydrogens is 222 g/mol. The number of para-hydroxylation sites is 1. The van der Waals surface area contributed by atoms with E-state index >= 15 is 0 Å². The number of rotatable bonds is 6. The monoisotopic (exact) mass is 249 g/mol. The molecule has 102 valence electrons. The van der Waals surface area contributed by atoms with Gasteiger partial charge in [0.2, 0.25) is 0 Å². The lowest BCUT2D eigenvalue weighted by Gasteiger charge is -2.22. The molecule has 18 heavy (non-hydrogen) atoms. The molecule has 1 aromatic carbocycles. The maximum Gasteiger partial charge on any atom is 0.124 e.